The first-order valence-electron chi connectivity index (χ1n) is 29.2. The van der Waals surface area contributed by atoms with Crippen LogP contribution in [-0.2, 0) is 43.0 Å². The molecule has 7 aliphatic rings. The van der Waals surface area contributed by atoms with Crippen molar-refractivity contribution in [3.8, 4) is 0 Å². The summed E-state index contributed by atoms with van der Waals surface area (Å²) < 4.78 is 15.8. The molecule has 0 aromatic rings. The summed E-state index contributed by atoms with van der Waals surface area (Å²) in [5.74, 6) is -2.43. The molecule has 19 nitrogen and oxygen atoms in total. The third kappa shape index (κ3) is 13.6. The Balaban J connectivity index is 0.000000261. The van der Waals surface area contributed by atoms with Gasteiger partial charge in [-0.05, 0) is 88.3 Å². The summed E-state index contributed by atoms with van der Waals surface area (Å²) in [5, 5.41) is 15.0. The Morgan fingerprint density at radius 3 is 1.31 bits per heavy atom. The number of piperidine rings is 2. The molecule has 0 bridgehead atoms. The molecule has 11 atom stereocenters. The lowest BCUT2D eigenvalue weighted by Gasteiger charge is -2.43. The van der Waals surface area contributed by atoms with Crippen molar-refractivity contribution in [1.82, 2.24) is 36.4 Å². The van der Waals surface area contributed by atoms with Crippen molar-refractivity contribution in [3.63, 3.8) is 0 Å². The number of ether oxygens (including phenoxy) is 3. The third-order valence-corrected chi connectivity index (χ3v) is 20.2. The van der Waals surface area contributed by atoms with E-state index in [0.29, 0.717) is 32.7 Å². The molecule has 78 heavy (non-hydrogen) atoms. The zero-order valence-corrected chi connectivity index (χ0v) is 50.1. The van der Waals surface area contributed by atoms with E-state index in [1.807, 2.05) is 41.5 Å². The molecule has 2 saturated heterocycles. The normalized spacial score (nSPS) is 28.2. The first kappa shape index (κ1) is 62.7. The highest BCUT2D eigenvalue weighted by atomic mass is 16.5. The van der Waals surface area contributed by atoms with Crippen LogP contribution in [0.3, 0.4) is 0 Å². The SMILES string of the molecule is COC[C@@H](NC(=O)N[C@H](C(=O)N1C[C@H]2[C@@H]([C@H]1C(=O)NC(CC1CCC1)C(=O)C(N)=O)C2(C)C)C1(C)CCCCC1)C(C)(C)C.COC[C@@H](NC(=O)N[C@H](C(=O)N1C[C@H]2[C@@H]([C@H]1C(=O)OC)C2(C)C)C1(C)CCCCC1)C(C)(C)C. The van der Waals surface area contributed by atoms with E-state index in [1.165, 1.54) is 7.11 Å². The minimum absolute atomic E-state index is 0.0186. The van der Waals surface area contributed by atoms with Gasteiger partial charge in [-0.3, -0.25) is 24.0 Å². The summed E-state index contributed by atoms with van der Waals surface area (Å²) in [7, 11) is 4.58. The smallest absolute Gasteiger partial charge is 0.328 e. The molecule has 7 N–H and O–H groups in total. The summed E-state index contributed by atoms with van der Waals surface area (Å²) in [6.07, 6.45) is 12.8. The fourth-order valence-corrected chi connectivity index (χ4v) is 14.1. The van der Waals surface area contributed by atoms with Crippen LogP contribution in [0, 0.1) is 62.1 Å². The van der Waals surface area contributed by atoms with Gasteiger partial charge in [-0.1, -0.05) is 141 Å². The number of likely N-dealkylation sites (tertiary alicyclic amines) is 2. The van der Waals surface area contributed by atoms with E-state index >= 15 is 0 Å². The number of nitrogens with one attached hydrogen (secondary N) is 5. The number of hydrogen-bond acceptors (Lipinski definition) is 11. The highest BCUT2D eigenvalue weighted by Gasteiger charge is 2.71. The van der Waals surface area contributed by atoms with E-state index in [0.717, 1.165) is 83.5 Å². The number of fused-ring (bicyclic) bond motifs is 2. The molecule has 8 amide bonds. The molecule has 7 rings (SSSR count). The Bertz CT molecular complexity index is 2210. The number of nitrogens with zero attached hydrogens (tertiary/aromatic N) is 2. The van der Waals surface area contributed by atoms with Crippen LogP contribution in [0.25, 0.3) is 0 Å². The second kappa shape index (κ2) is 24.3. The van der Waals surface area contributed by atoms with E-state index < -0.39 is 59.3 Å². The molecule has 19 heteroatoms. The number of nitrogens with two attached hydrogens (primary N) is 1. The largest absolute Gasteiger partial charge is 0.467 e. The minimum atomic E-state index is -1.07. The lowest BCUT2D eigenvalue weighted by Crippen LogP contribution is -2.63. The van der Waals surface area contributed by atoms with Gasteiger partial charge in [0.25, 0.3) is 5.91 Å². The number of Topliss-reactive ketones (excluding diaryl/α,β-unsaturated/α-hetero) is 1. The average molecular weight is 1100 g/mol. The van der Waals surface area contributed by atoms with E-state index in [-0.39, 0.29) is 92.6 Å². The van der Waals surface area contributed by atoms with E-state index in [1.54, 1.807) is 24.0 Å². The van der Waals surface area contributed by atoms with Crippen LogP contribution in [0.5, 0.6) is 0 Å². The molecule has 5 saturated carbocycles. The van der Waals surface area contributed by atoms with Crippen molar-refractivity contribution in [3.05, 3.63) is 0 Å². The van der Waals surface area contributed by atoms with E-state index in [2.05, 4.69) is 68.1 Å². The van der Waals surface area contributed by atoms with Gasteiger partial charge in [0.1, 0.15) is 24.2 Å². The monoisotopic (exact) mass is 1100 g/mol. The molecule has 7 fully saturated rings. The zero-order chi connectivity index (χ0) is 58.1. The number of rotatable bonds is 19. The van der Waals surface area contributed by atoms with E-state index in [4.69, 9.17) is 19.9 Å². The van der Waals surface area contributed by atoms with Crippen LogP contribution in [0.1, 0.15) is 173 Å². The summed E-state index contributed by atoms with van der Waals surface area (Å²) in [6.45, 7) is 26.5. The first-order chi connectivity index (χ1) is 36.3. The van der Waals surface area contributed by atoms with Gasteiger partial charge in [0.15, 0.2) is 0 Å². The Labute approximate surface area is 465 Å². The Hall–Kier alpha value is -4.52. The second-order valence-electron chi connectivity index (χ2n) is 28.4. The standard InChI is InChI=1S/C33H55N5O6.C26H45N3O5/c1-31(2,3)22(18-44-7)36-30(43)37-26(33(6)14-9-8-10-15-33)29(42)38-17-20-23(32(20,4)5)24(38)28(41)35-21(25(39)27(34)40)16-19-12-11-13-19;1-24(2,3)17(15-33-7)27-23(32)28-20(26(6)12-10-9-11-13-26)21(30)29-14-16-18(25(16,4)5)19(29)22(31)34-8/h19-24,26H,8-18H2,1-7H3,(H2,34,40)(H,35,41)(H2,36,37,43);16-20H,9-15H2,1-8H3,(H2,27,28,32)/t20-,21?,22+,23-,24-,26+;16-,17+,18-,19-,20+/m00/s1. The lowest BCUT2D eigenvalue weighted by molar-refractivity contribution is -0.155. The van der Waals surface area contributed by atoms with Gasteiger partial charge < -0.3 is 56.3 Å². The van der Waals surface area contributed by atoms with Gasteiger partial charge in [-0.2, -0.15) is 0 Å². The second-order valence-corrected chi connectivity index (χ2v) is 28.4. The Morgan fingerprint density at radius 1 is 0.564 bits per heavy atom. The number of carbonyl (C=O) groups excluding carboxylic acids is 8. The maximum atomic E-state index is 14.6. The summed E-state index contributed by atoms with van der Waals surface area (Å²) >= 11 is 0. The van der Waals surface area contributed by atoms with Crippen molar-refractivity contribution in [2.24, 2.45) is 67.8 Å². The predicted molar refractivity (Wildman–Crippen MR) is 296 cm³/mol. The van der Waals surface area contributed by atoms with Gasteiger partial charge >= 0.3 is 18.0 Å². The summed E-state index contributed by atoms with van der Waals surface area (Å²) in [5.41, 5.74) is 3.90. The maximum Gasteiger partial charge on any atom is 0.328 e. The van der Waals surface area contributed by atoms with Crippen LogP contribution in [0.2, 0.25) is 0 Å². The van der Waals surface area contributed by atoms with Crippen molar-refractivity contribution in [2.75, 3.05) is 47.6 Å². The Morgan fingerprint density at radius 2 is 0.962 bits per heavy atom. The summed E-state index contributed by atoms with van der Waals surface area (Å²) in [4.78, 5) is 110. The van der Waals surface area contributed by atoms with Gasteiger partial charge in [0, 0.05) is 33.2 Å². The molecule has 0 aromatic carbocycles. The molecule has 0 radical (unpaired) electrons. The van der Waals surface area contributed by atoms with E-state index in [9.17, 15) is 38.4 Å². The van der Waals surface area contributed by atoms with Crippen LogP contribution >= 0.6 is 0 Å². The highest BCUT2D eigenvalue weighted by Crippen LogP contribution is 2.66. The predicted octanol–water partition coefficient (Wildman–Crippen LogP) is 6.24. The number of urea groups is 2. The van der Waals surface area contributed by atoms with Gasteiger partial charge in [-0.25, -0.2) is 14.4 Å². The van der Waals surface area contributed by atoms with Gasteiger partial charge in [-0.15, -0.1) is 0 Å². The van der Waals surface area contributed by atoms with Crippen molar-refractivity contribution < 1.29 is 52.6 Å². The third-order valence-electron chi connectivity index (χ3n) is 20.2. The van der Waals surface area contributed by atoms with Crippen LogP contribution in [0.4, 0.5) is 9.59 Å². The highest BCUT2D eigenvalue weighted by molar-refractivity contribution is 6.37. The van der Waals surface area contributed by atoms with Gasteiger partial charge in [0.05, 0.1) is 38.4 Å². The molecule has 5 aliphatic carbocycles. The van der Waals surface area contributed by atoms with Crippen LogP contribution in [-0.4, -0.2) is 147 Å². The first-order valence-corrected chi connectivity index (χ1v) is 29.2. The number of ketones is 1. The minimum Gasteiger partial charge on any atom is -0.467 e. The fraction of sp³-hybridized carbons (Fsp3) is 0.864. The number of esters is 1. The molecule has 2 heterocycles. The van der Waals surface area contributed by atoms with Crippen LogP contribution < -0.4 is 32.3 Å². The molecule has 2 aliphatic heterocycles. The number of primary amides is 1. The topological polar surface area (TPSA) is 257 Å². The van der Waals surface area contributed by atoms with Gasteiger partial charge in [0.2, 0.25) is 23.5 Å². The molecule has 1 unspecified atom stereocenters. The van der Waals surface area contributed by atoms with Crippen molar-refractivity contribution in [2.45, 2.75) is 215 Å². The fourth-order valence-electron chi connectivity index (χ4n) is 14.1. The molecule has 0 spiro atoms. The molecular formula is C59H100N8O11. The number of hydrogen-bond donors (Lipinski definition) is 6. The molecule has 442 valence electrons. The van der Waals surface area contributed by atoms with Crippen molar-refractivity contribution in [1.29, 1.82) is 0 Å². The summed E-state index contributed by atoms with van der Waals surface area (Å²) in [6, 6.07) is -5.24. The number of amides is 8. The van der Waals surface area contributed by atoms with Crippen LogP contribution in [0.15, 0.2) is 0 Å². The lowest BCUT2D eigenvalue weighted by atomic mass is 9.70. The maximum absolute atomic E-state index is 14.6. The average Bonchev–Trinajstić information content (AvgIpc) is 3.39. The Kier molecular flexibility index (Phi) is 19.5. The number of methoxy groups -OCH3 is 3. The van der Waals surface area contributed by atoms with Crippen molar-refractivity contribution >= 4 is 47.4 Å². The zero-order valence-electron chi connectivity index (χ0n) is 50.1. The number of carbonyl (C=O) groups is 8. The molecule has 0 aromatic heterocycles. The quantitative estimate of drug-likeness (QED) is 0.0624. The molecular weight excluding hydrogens is 997 g/mol.